The normalized spacial score (nSPS) is 14.1. The first kappa shape index (κ1) is 22.8. The van der Waals surface area contributed by atoms with Gasteiger partial charge in [0.1, 0.15) is 5.70 Å². The van der Waals surface area contributed by atoms with Crippen molar-refractivity contribution in [3.05, 3.63) is 71.3 Å². The number of hydrogen-bond acceptors (Lipinski definition) is 6. The van der Waals surface area contributed by atoms with Crippen LogP contribution >= 0.6 is 0 Å². The molecule has 0 amide bonds. The second-order valence-electron chi connectivity index (χ2n) is 6.97. The van der Waals surface area contributed by atoms with E-state index in [4.69, 9.17) is 11.5 Å². The van der Waals surface area contributed by atoms with E-state index in [9.17, 15) is 13.2 Å². The van der Waals surface area contributed by atoms with Crippen molar-refractivity contribution in [2.75, 3.05) is 0 Å². The maximum Gasteiger partial charge on any atom is 0.430 e. The standard InChI is InChI=1S/C21H23F3N6/c1-14(25)10-12-27-18-8-4-6-16(29-18)20(2,3)17-7-5-9-19(30-17)28-13-11-15(26)21(22,23)24/h4-13H,25-26H2,1-3H3. The summed E-state index contributed by atoms with van der Waals surface area (Å²) in [5, 5.41) is 0. The number of allylic oxidation sites excluding steroid dienone is 4. The maximum absolute atomic E-state index is 12.4. The van der Waals surface area contributed by atoms with Crippen molar-refractivity contribution in [2.45, 2.75) is 32.4 Å². The molecule has 30 heavy (non-hydrogen) atoms. The van der Waals surface area contributed by atoms with E-state index in [0.29, 0.717) is 23.3 Å². The van der Waals surface area contributed by atoms with Gasteiger partial charge in [-0.3, -0.25) is 0 Å². The summed E-state index contributed by atoms with van der Waals surface area (Å²) in [6.07, 6.45) is 0.314. The van der Waals surface area contributed by atoms with E-state index >= 15 is 0 Å². The van der Waals surface area contributed by atoms with E-state index in [1.165, 1.54) is 0 Å². The predicted molar refractivity (Wildman–Crippen MR) is 113 cm³/mol. The van der Waals surface area contributed by atoms with Gasteiger partial charge in [0.05, 0.1) is 11.4 Å². The summed E-state index contributed by atoms with van der Waals surface area (Å²) in [7, 11) is 0. The summed E-state index contributed by atoms with van der Waals surface area (Å²) in [6, 6.07) is 10.6. The summed E-state index contributed by atoms with van der Waals surface area (Å²) in [6.45, 7) is 5.63. The Morgan fingerprint density at radius 1 is 0.867 bits per heavy atom. The van der Waals surface area contributed by atoms with Crippen LogP contribution in [0.3, 0.4) is 0 Å². The van der Waals surface area contributed by atoms with Gasteiger partial charge in [-0.2, -0.15) is 13.2 Å². The summed E-state index contributed by atoms with van der Waals surface area (Å²) < 4.78 is 37.3. The lowest BCUT2D eigenvalue weighted by atomic mass is 9.84. The predicted octanol–water partition coefficient (Wildman–Crippen LogP) is 4.47. The third-order valence-corrected chi connectivity index (χ3v) is 4.08. The van der Waals surface area contributed by atoms with Crippen molar-refractivity contribution in [3.8, 4) is 0 Å². The first-order valence-corrected chi connectivity index (χ1v) is 8.98. The van der Waals surface area contributed by atoms with E-state index in [1.54, 1.807) is 43.5 Å². The Balaban J connectivity index is 2.30. The van der Waals surface area contributed by atoms with Gasteiger partial charge in [0.25, 0.3) is 0 Å². The van der Waals surface area contributed by atoms with Gasteiger partial charge in [0.15, 0.2) is 11.6 Å². The Hall–Kier alpha value is -3.49. The molecule has 0 spiro atoms. The second-order valence-corrected chi connectivity index (χ2v) is 6.97. The fraction of sp³-hybridized carbons (Fsp3) is 0.238. The summed E-state index contributed by atoms with van der Waals surface area (Å²) in [5.74, 6) is 0.768. The van der Waals surface area contributed by atoms with E-state index in [1.807, 2.05) is 26.0 Å². The van der Waals surface area contributed by atoms with E-state index < -0.39 is 17.3 Å². The minimum absolute atomic E-state index is 0.254. The third kappa shape index (κ3) is 6.26. The number of pyridine rings is 2. The summed E-state index contributed by atoms with van der Waals surface area (Å²) in [4.78, 5) is 17.2. The highest BCUT2D eigenvalue weighted by Crippen LogP contribution is 2.31. The van der Waals surface area contributed by atoms with Crippen molar-refractivity contribution in [1.82, 2.24) is 9.97 Å². The van der Waals surface area contributed by atoms with E-state index in [-0.39, 0.29) is 5.82 Å². The molecule has 2 rings (SSSR count). The molecule has 0 aliphatic rings. The molecular weight excluding hydrogens is 393 g/mol. The van der Waals surface area contributed by atoms with E-state index in [2.05, 4.69) is 20.0 Å². The zero-order valence-corrected chi connectivity index (χ0v) is 16.9. The molecule has 0 saturated heterocycles. The molecule has 0 bridgehead atoms. The fourth-order valence-electron chi connectivity index (χ4n) is 2.34. The first-order chi connectivity index (χ1) is 14.0. The average molecular weight is 416 g/mol. The zero-order valence-electron chi connectivity index (χ0n) is 16.9. The van der Waals surface area contributed by atoms with Gasteiger partial charge in [-0.1, -0.05) is 12.1 Å². The number of aliphatic imine (C=N–C) groups is 2. The van der Waals surface area contributed by atoms with Crippen LogP contribution in [-0.2, 0) is 5.41 Å². The largest absolute Gasteiger partial charge is 0.430 e. The van der Waals surface area contributed by atoms with Gasteiger partial charge in [0, 0.05) is 23.5 Å². The van der Waals surface area contributed by atoms with Crippen LogP contribution in [0.15, 0.2) is 69.9 Å². The van der Waals surface area contributed by atoms with Gasteiger partial charge < -0.3 is 11.5 Å². The number of rotatable bonds is 6. The molecule has 2 heterocycles. The molecule has 9 heteroatoms. The molecule has 0 fully saturated rings. The number of nitrogens with two attached hydrogens (primary N) is 2. The second kappa shape index (κ2) is 9.34. The molecule has 0 aliphatic heterocycles. The highest BCUT2D eigenvalue weighted by Gasteiger charge is 2.30. The van der Waals surface area contributed by atoms with Crippen LogP contribution in [0.4, 0.5) is 24.8 Å². The Labute approximate surface area is 173 Å². The van der Waals surface area contributed by atoms with Crippen molar-refractivity contribution in [1.29, 1.82) is 0 Å². The lowest BCUT2D eigenvalue weighted by molar-refractivity contribution is -0.0925. The van der Waals surface area contributed by atoms with Crippen LogP contribution < -0.4 is 11.5 Å². The number of alkyl halides is 3. The Morgan fingerprint density at radius 3 is 1.77 bits per heavy atom. The Kier molecular flexibility index (Phi) is 7.10. The molecule has 6 nitrogen and oxygen atoms in total. The minimum atomic E-state index is -4.60. The number of aromatic nitrogens is 2. The monoisotopic (exact) mass is 416 g/mol. The van der Waals surface area contributed by atoms with Crippen molar-refractivity contribution in [3.63, 3.8) is 0 Å². The van der Waals surface area contributed by atoms with Gasteiger partial charge in [-0.25, -0.2) is 20.0 Å². The van der Waals surface area contributed by atoms with Crippen LogP contribution in [0.5, 0.6) is 0 Å². The minimum Gasteiger partial charge on any atom is -0.402 e. The molecule has 2 aromatic rings. The third-order valence-electron chi connectivity index (χ3n) is 4.08. The van der Waals surface area contributed by atoms with Gasteiger partial charge >= 0.3 is 6.18 Å². The molecule has 2 aromatic heterocycles. The molecule has 4 N–H and O–H groups in total. The molecule has 0 radical (unpaired) electrons. The van der Waals surface area contributed by atoms with Crippen LogP contribution in [0.2, 0.25) is 0 Å². The average Bonchev–Trinajstić information content (AvgIpc) is 2.67. The summed E-state index contributed by atoms with van der Waals surface area (Å²) >= 11 is 0. The van der Waals surface area contributed by atoms with Crippen molar-refractivity contribution < 1.29 is 13.2 Å². The fourth-order valence-corrected chi connectivity index (χ4v) is 2.34. The van der Waals surface area contributed by atoms with Gasteiger partial charge in [0.2, 0.25) is 0 Å². The van der Waals surface area contributed by atoms with Crippen LogP contribution in [-0.4, -0.2) is 28.6 Å². The molecule has 158 valence electrons. The Morgan fingerprint density at radius 2 is 1.33 bits per heavy atom. The molecule has 0 atom stereocenters. The van der Waals surface area contributed by atoms with Crippen molar-refractivity contribution in [2.24, 2.45) is 21.5 Å². The van der Waals surface area contributed by atoms with E-state index in [0.717, 1.165) is 11.9 Å². The highest BCUT2D eigenvalue weighted by molar-refractivity contribution is 5.75. The smallest absolute Gasteiger partial charge is 0.402 e. The molecule has 0 aliphatic carbocycles. The number of hydrogen-bond donors (Lipinski definition) is 2. The molecule has 0 unspecified atom stereocenters. The summed E-state index contributed by atoms with van der Waals surface area (Å²) in [5.41, 5.74) is 10.7. The van der Waals surface area contributed by atoms with Gasteiger partial charge in [-0.15, -0.1) is 0 Å². The zero-order chi connectivity index (χ0) is 22.4. The lowest BCUT2D eigenvalue weighted by Gasteiger charge is -2.23. The maximum atomic E-state index is 12.4. The Bertz CT molecular complexity index is 1000. The lowest BCUT2D eigenvalue weighted by Crippen LogP contribution is -2.22. The highest BCUT2D eigenvalue weighted by atomic mass is 19.4. The first-order valence-electron chi connectivity index (χ1n) is 8.98. The molecular formula is C21H23F3N6. The molecule has 0 aromatic carbocycles. The van der Waals surface area contributed by atoms with Gasteiger partial charge in [-0.05, 0) is 57.2 Å². The topological polar surface area (TPSA) is 103 Å². The number of nitrogens with zero attached hydrogens (tertiary/aromatic N) is 4. The number of halogens is 3. The quantitative estimate of drug-likeness (QED) is 0.678. The molecule has 0 saturated carbocycles. The van der Waals surface area contributed by atoms with Crippen LogP contribution in [0.25, 0.3) is 0 Å². The van der Waals surface area contributed by atoms with Crippen LogP contribution in [0.1, 0.15) is 32.2 Å². The van der Waals surface area contributed by atoms with Crippen molar-refractivity contribution >= 4 is 24.1 Å². The SMILES string of the molecule is CC(N)=CC=Nc1cccc(C(C)(C)c2cccc(N=CC=C(N)C(F)(F)F)n2)n1. The van der Waals surface area contributed by atoms with Crippen LogP contribution in [0, 0.1) is 0 Å².